The molecule has 0 unspecified atom stereocenters. The molecular formula is C21H22Cl2N6O2. The van der Waals surface area contributed by atoms with Gasteiger partial charge in [0.15, 0.2) is 0 Å². The van der Waals surface area contributed by atoms with E-state index < -0.39 is 0 Å². The number of fused-ring (bicyclic) bond motifs is 1. The van der Waals surface area contributed by atoms with Crippen LogP contribution in [-0.2, 0) is 11.3 Å². The minimum atomic E-state index is -0.210. The molecule has 10 heteroatoms. The zero-order valence-corrected chi connectivity index (χ0v) is 18.7. The van der Waals surface area contributed by atoms with Crippen molar-refractivity contribution in [3.63, 3.8) is 0 Å². The number of amides is 2. The van der Waals surface area contributed by atoms with Crippen molar-refractivity contribution in [3.8, 4) is 11.3 Å². The minimum absolute atomic E-state index is 0.0499. The summed E-state index contributed by atoms with van der Waals surface area (Å²) in [6.07, 6.45) is 2.37. The SMILES string of the molecule is CC(=O)N[C@H]1CCN(C(=O)c2cn3c(-c4ccc(Cl)cc4Cl)c(CN)c(C)nc3n2)C1. The molecule has 162 valence electrons. The van der Waals surface area contributed by atoms with Gasteiger partial charge >= 0.3 is 0 Å². The van der Waals surface area contributed by atoms with Crippen molar-refractivity contribution in [2.24, 2.45) is 5.73 Å². The van der Waals surface area contributed by atoms with Crippen LogP contribution in [0.5, 0.6) is 0 Å². The first-order valence-corrected chi connectivity index (χ1v) is 10.6. The first-order chi connectivity index (χ1) is 14.8. The molecule has 1 fully saturated rings. The molecule has 0 bridgehead atoms. The Labute approximate surface area is 189 Å². The average Bonchev–Trinajstić information content (AvgIpc) is 3.33. The Balaban J connectivity index is 1.77. The van der Waals surface area contributed by atoms with Crippen molar-refractivity contribution >= 4 is 40.8 Å². The van der Waals surface area contributed by atoms with E-state index in [2.05, 4.69) is 15.3 Å². The molecule has 1 aliphatic heterocycles. The van der Waals surface area contributed by atoms with Crippen molar-refractivity contribution in [2.45, 2.75) is 32.9 Å². The van der Waals surface area contributed by atoms with E-state index in [-0.39, 0.29) is 30.1 Å². The average molecular weight is 461 g/mol. The summed E-state index contributed by atoms with van der Waals surface area (Å²) in [5.74, 6) is 0.0700. The fourth-order valence-corrected chi connectivity index (χ4v) is 4.48. The van der Waals surface area contributed by atoms with E-state index in [1.54, 1.807) is 27.6 Å². The van der Waals surface area contributed by atoms with Gasteiger partial charge in [-0.05, 0) is 31.5 Å². The number of rotatable bonds is 4. The van der Waals surface area contributed by atoms with Crippen LogP contribution in [0.25, 0.3) is 17.0 Å². The van der Waals surface area contributed by atoms with Gasteiger partial charge in [-0.2, -0.15) is 0 Å². The van der Waals surface area contributed by atoms with E-state index >= 15 is 0 Å². The molecule has 3 aromatic rings. The lowest BCUT2D eigenvalue weighted by Crippen LogP contribution is -2.37. The smallest absolute Gasteiger partial charge is 0.274 e. The van der Waals surface area contributed by atoms with Crippen LogP contribution < -0.4 is 11.1 Å². The third kappa shape index (κ3) is 4.11. The second-order valence-corrected chi connectivity index (χ2v) is 8.43. The molecule has 1 atom stereocenters. The molecule has 2 aromatic heterocycles. The summed E-state index contributed by atoms with van der Waals surface area (Å²) in [5, 5.41) is 3.85. The highest BCUT2D eigenvalue weighted by Crippen LogP contribution is 2.34. The van der Waals surface area contributed by atoms with E-state index in [0.29, 0.717) is 41.0 Å². The quantitative estimate of drug-likeness (QED) is 0.622. The Hall–Kier alpha value is -2.68. The predicted molar refractivity (Wildman–Crippen MR) is 119 cm³/mol. The number of aromatic nitrogens is 3. The van der Waals surface area contributed by atoms with E-state index in [1.165, 1.54) is 6.92 Å². The van der Waals surface area contributed by atoms with Gasteiger partial charge in [-0.1, -0.05) is 23.2 Å². The van der Waals surface area contributed by atoms with Gasteiger partial charge < -0.3 is 16.0 Å². The monoisotopic (exact) mass is 460 g/mol. The second-order valence-electron chi connectivity index (χ2n) is 7.59. The number of carbonyl (C=O) groups excluding carboxylic acids is 2. The highest BCUT2D eigenvalue weighted by atomic mass is 35.5. The number of carbonyl (C=O) groups is 2. The second kappa shape index (κ2) is 8.45. The highest BCUT2D eigenvalue weighted by Gasteiger charge is 2.29. The lowest BCUT2D eigenvalue weighted by molar-refractivity contribution is -0.119. The number of hydrogen-bond acceptors (Lipinski definition) is 5. The molecule has 2 amide bonds. The van der Waals surface area contributed by atoms with Gasteiger partial charge in [-0.3, -0.25) is 14.0 Å². The van der Waals surface area contributed by atoms with Crippen molar-refractivity contribution < 1.29 is 9.59 Å². The molecule has 0 spiro atoms. The summed E-state index contributed by atoms with van der Waals surface area (Å²) >= 11 is 12.6. The Morgan fingerprint density at radius 3 is 2.74 bits per heavy atom. The Morgan fingerprint density at radius 2 is 2.06 bits per heavy atom. The van der Waals surface area contributed by atoms with Gasteiger partial charge in [-0.25, -0.2) is 9.97 Å². The zero-order valence-electron chi connectivity index (χ0n) is 17.2. The molecule has 4 rings (SSSR count). The zero-order chi connectivity index (χ0) is 22.3. The maximum atomic E-state index is 13.1. The maximum Gasteiger partial charge on any atom is 0.274 e. The van der Waals surface area contributed by atoms with Crippen molar-refractivity contribution in [1.29, 1.82) is 0 Å². The van der Waals surface area contributed by atoms with Crippen LogP contribution in [0, 0.1) is 6.92 Å². The minimum Gasteiger partial charge on any atom is -0.352 e. The van der Waals surface area contributed by atoms with Gasteiger partial charge in [0.1, 0.15) is 5.69 Å². The van der Waals surface area contributed by atoms with E-state index in [9.17, 15) is 9.59 Å². The molecule has 3 N–H and O–H groups in total. The van der Waals surface area contributed by atoms with Crippen LogP contribution in [0.2, 0.25) is 10.0 Å². The first-order valence-electron chi connectivity index (χ1n) is 9.89. The molecule has 1 aliphatic rings. The number of aryl methyl sites for hydroxylation is 1. The Bertz CT molecular complexity index is 1190. The summed E-state index contributed by atoms with van der Waals surface area (Å²) in [4.78, 5) is 35.1. The summed E-state index contributed by atoms with van der Waals surface area (Å²) in [7, 11) is 0. The van der Waals surface area contributed by atoms with Gasteiger partial charge in [0, 0.05) is 60.6 Å². The molecule has 1 aromatic carbocycles. The number of hydrogen-bond donors (Lipinski definition) is 2. The van der Waals surface area contributed by atoms with Crippen molar-refractivity contribution in [2.75, 3.05) is 13.1 Å². The van der Waals surface area contributed by atoms with Crippen molar-refractivity contribution in [1.82, 2.24) is 24.6 Å². The largest absolute Gasteiger partial charge is 0.352 e. The Kier molecular flexibility index (Phi) is 5.88. The summed E-state index contributed by atoms with van der Waals surface area (Å²) in [6, 6.07) is 5.18. The predicted octanol–water partition coefficient (Wildman–Crippen LogP) is 2.82. The van der Waals surface area contributed by atoms with E-state index in [0.717, 1.165) is 16.8 Å². The van der Waals surface area contributed by atoms with Gasteiger partial charge in [0.05, 0.1) is 10.7 Å². The molecule has 0 saturated carbocycles. The normalized spacial score (nSPS) is 16.2. The molecule has 31 heavy (non-hydrogen) atoms. The lowest BCUT2D eigenvalue weighted by atomic mass is 10.0. The maximum absolute atomic E-state index is 13.1. The standard InChI is InChI=1S/C21H22Cl2N6O2/c1-11-16(8-24)19(15-4-3-13(22)7-17(15)23)29-10-18(27-21(29)25-11)20(31)28-6-5-14(9-28)26-12(2)30/h3-4,7,10,14H,5-6,8-9,24H2,1-2H3,(H,26,30)/t14-/m0/s1. The number of nitrogens with one attached hydrogen (secondary N) is 1. The lowest BCUT2D eigenvalue weighted by Gasteiger charge is -2.15. The Morgan fingerprint density at radius 1 is 1.29 bits per heavy atom. The highest BCUT2D eigenvalue weighted by molar-refractivity contribution is 6.36. The van der Waals surface area contributed by atoms with Crippen LogP contribution in [0.1, 0.15) is 35.1 Å². The van der Waals surface area contributed by atoms with Gasteiger partial charge in [-0.15, -0.1) is 0 Å². The number of likely N-dealkylation sites (tertiary alicyclic amines) is 1. The van der Waals surface area contributed by atoms with Gasteiger partial charge in [0.2, 0.25) is 11.7 Å². The molecule has 0 aliphatic carbocycles. The number of imidazole rings is 1. The third-order valence-electron chi connectivity index (χ3n) is 5.41. The van der Waals surface area contributed by atoms with Crippen molar-refractivity contribution in [3.05, 3.63) is 51.4 Å². The van der Waals surface area contributed by atoms with E-state index in [4.69, 9.17) is 28.9 Å². The molecule has 1 saturated heterocycles. The fourth-order valence-electron chi connectivity index (χ4n) is 3.98. The number of benzene rings is 1. The summed E-state index contributed by atoms with van der Waals surface area (Å²) in [6.45, 7) is 4.56. The van der Waals surface area contributed by atoms with E-state index in [1.807, 2.05) is 13.0 Å². The third-order valence-corrected chi connectivity index (χ3v) is 5.96. The number of nitrogens with zero attached hydrogens (tertiary/aromatic N) is 4. The molecule has 8 nitrogen and oxygen atoms in total. The molecule has 3 heterocycles. The number of halogens is 2. The van der Waals surface area contributed by atoms with Crippen LogP contribution in [0.4, 0.5) is 0 Å². The topological polar surface area (TPSA) is 106 Å². The van der Waals surface area contributed by atoms with Crippen LogP contribution in [0.15, 0.2) is 24.4 Å². The molecular weight excluding hydrogens is 439 g/mol. The summed E-state index contributed by atoms with van der Waals surface area (Å²) in [5.41, 5.74) is 9.28. The summed E-state index contributed by atoms with van der Waals surface area (Å²) < 4.78 is 1.75. The van der Waals surface area contributed by atoms with Gasteiger partial charge in [0.25, 0.3) is 5.91 Å². The first kappa shape index (κ1) is 21.5. The molecule has 0 radical (unpaired) electrons. The van der Waals surface area contributed by atoms with Crippen LogP contribution in [0.3, 0.4) is 0 Å². The number of nitrogens with two attached hydrogens (primary N) is 1. The van der Waals surface area contributed by atoms with Crippen LogP contribution >= 0.6 is 23.2 Å². The van der Waals surface area contributed by atoms with Crippen LogP contribution in [-0.4, -0.2) is 50.2 Å². The fraction of sp³-hybridized carbons (Fsp3) is 0.333.